The molecule has 0 radical (unpaired) electrons. The lowest BCUT2D eigenvalue weighted by atomic mass is 9.96. The van der Waals surface area contributed by atoms with E-state index in [1.165, 1.54) is 0 Å². The summed E-state index contributed by atoms with van der Waals surface area (Å²) in [5.41, 5.74) is 5.48. The van der Waals surface area contributed by atoms with Gasteiger partial charge in [0.25, 0.3) is 0 Å². The molecule has 1 N–H and O–H groups in total. The lowest BCUT2D eigenvalue weighted by Crippen LogP contribution is -2.26. The molecule has 0 bridgehead atoms. The van der Waals surface area contributed by atoms with Crippen molar-refractivity contribution >= 4 is 18.1 Å². The van der Waals surface area contributed by atoms with E-state index in [2.05, 4.69) is 36.4 Å². The van der Waals surface area contributed by atoms with Gasteiger partial charge in [-0.25, -0.2) is 4.79 Å². The van der Waals surface area contributed by atoms with Gasteiger partial charge in [0, 0.05) is 13.0 Å². The molecule has 4 rings (SSSR count). The summed E-state index contributed by atoms with van der Waals surface area (Å²) in [6.07, 6.45) is 3.59. The molecule has 0 amide bonds. The highest BCUT2D eigenvalue weighted by atomic mass is 16.5. The van der Waals surface area contributed by atoms with E-state index in [4.69, 9.17) is 14.2 Å². The maximum atomic E-state index is 11.3. The molecule has 33 heavy (non-hydrogen) atoms. The Kier molecular flexibility index (Phi) is 7.55. The Morgan fingerprint density at radius 2 is 1.48 bits per heavy atom. The number of hydrogen-bond donors (Lipinski definition) is 1. The van der Waals surface area contributed by atoms with Gasteiger partial charge in [-0.3, -0.25) is 0 Å². The Balaban J connectivity index is 1.36. The second kappa shape index (κ2) is 10.9. The van der Waals surface area contributed by atoms with E-state index in [0.29, 0.717) is 32.0 Å². The molecule has 170 valence electrons. The highest BCUT2D eigenvalue weighted by Crippen LogP contribution is 2.35. The van der Waals surface area contributed by atoms with Crippen molar-refractivity contribution in [3.63, 3.8) is 0 Å². The van der Waals surface area contributed by atoms with Crippen LogP contribution in [0.25, 0.3) is 12.2 Å². The van der Waals surface area contributed by atoms with Crippen LogP contribution < -0.4 is 4.74 Å². The zero-order chi connectivity index (χ0) is 23.0. The molecule has 0 heterocycles. The van der Waals surface area contributed by atoms with Crippen LogP contribution in [0.3, 0.4) is 0 Å². The number of carboxylic acids is 1. The fourth-order valence-electron chi connectivity index (χ4n) is 4.01. The van der Waals surface area contributed by atoms with Gasteiger partial charge in [-0.15, -0.1) is 0 Å². The molecule has 1 aliphatic rings. The highest BCUT2D eigenvalue weighted by molar-refractivity contribution is 5.76. The van der Waals surface area contributed by atoms with Crippen molar-refractivity contribution in [2.24, 2.45) is 0 Å². The Hall–Kier alpha value is -3.41. The summed E-state index contributed by atoms with van der Waals surface area (Å²) in [6.45, 7) is 2.99. The molecule has 0 saturated carbocycles. The van der Waals surface area contributed by atoms with Crippen molar-refractivity contribution < 1.29 is 24.1 Å². The molecule has 0 saturated heterocycles. The zero-order valence-electron chi connectivity index (χ0n) is 18.6. The standard InChI is InChI=1S/C28H28O5/c1-2-31-26(28(29)30)19-20-11-15-23(16-12-20)32-17-18-33-27-24-9-5-3-7-21(24)13-14-22-8-4-6-10-25(22)27/h3-16,26-27H,2,17-19H2,1H3,(H,29,30). The van der Waals surface area contributed by atoms with Crippen LogP contribution in [-0.4, -0.2) is 37.0 Å². The first-order valence-electron chi connectivity index (χ1n) is 11.2. The average molecular weight is 445 g/mol. The molecule has 3 aromatic rings. The van der Waals surface area contributed by atoms with Crippen LogP contribution in [0.15, 0.2) is 72.8 Å². The lowest BCUT2D eigenvalue weighted by molar-refractivity contribution is -0.149. The minimum absolute atomic E-state index is 0.162. The number of carbonyl (C=O) groups is 1. The molecule has 5 heteroatoms. The van der Waals surface area contributed by atoms with Gasteiger partial charge in [-0.2, -0.15) is 0 Å². The molecule has 1 unspecified atom stereocenters. The number of rotatable bonds is 10. The molecule has 0 spiro atoms. The van der Waals surface area contributed by atoms with Gasteiger partial charge in [-0.05, 0) is 46.9 Å². The van der Waals surface area contributed by atoms with Crippen molar-refractivity contribution in [3.05, 3.63) is 101 Å². The molecule has 5 nitrogen and oxygen atoms in total. The van der Waals surface area contributed by atoms with Crippen LogP contribution in [-0.2, 0) is 20.7 Å². The van der Waals surface area contributed by atoms with Gasteiger partial charge in [0.05, 0.1) is 6.61 Å². The van der Waals surface area contributed by atoms with Gasteiger partial charge in [-0.1, -0.05) is 72.8 Å². The quantitative estimate of drug-likeness (QED) is 0.425. The van der Waals surface area contributed by atoms with Gasteiger partial charge in [0.1, 0.15) is 18.5 Å². The molecule has 0 fully saturated rings. The van der Waals surface area contributed by atoms with Gasteiger partial charge in [0.2, 0.25) is 0 Å². The highest BCUT2D eigenvalue weighted by Gasteiger charge is 2.22. The number of benzene rings is 3. The minimum atomic E-state index is -0.953. The third-order valence-corrected chi connectivity index (χ3v) is 5.62. The van der Waals surface area contributed by atoms with E-state index in [1.807, 2.05) is 48.5 Å². The van der Waals surface area contributed by atoms with Crippen molar-refractivity contribution in [1.82, 2.24) is 0 Å². The lowest BCUT2D eigenvalue weighted by Gasteiger charge is -2.21. The van der Waals surface area contributed by atoms with E-state index in [-0.39, 0.29) is 6.10 Å². The Morgan fingerprint density at radius 1 is 0.879 bits per heavy atom. The summed E-state index contributed by atoms with van der Waals surface area (Å²) >= 11 is 0. The third kappa shape index (κ3) is 5.69. The minimum Gasteiger partial charge on any atom is -0.491 e. The number of ether oxygens (including phenoxy) is 3. The largest absolute Gasteiger partial charge is 0.491 e. The first kappa shape index (κ1) is 22.8. The second-order valence-electron chi connectivity index (χ2n) is 7.82. The van der Waals surface area contributed by atoms with Gasteiger partial charge in [0.15, 0.2) is 6.10 Å². The maximum absolute atomic E-state index is 11.3. The van der Waals surface area contributed by atoms with Crippen molar-refractivity contribution in [2.75, 3.05) is 19.8 Å². The molecular formula is C28H28O5. The Labute approximate surface area is 194 Å². The van der Waals surface area contributed by atoms with Crippen LogP contribution in [0.5, 0.6) is 5.75 Å². The van der Waals surface area contributed by atoms with Crippen molar-refractivity contribution in [3.8, 4) is 5.75 Å². The van der Waals surface area contributed by atoms with E-state index in [9.17, 15) is 9.90 Å². The smallest absolute Gasteiger partial charge is 0.333 e. The second-order valence-corrected chi connectivity index (χ2v) is 7.82. The summed E-state index contributed by atoms with van der Waals surface area (Å²) in [6, 6.07) is 24.0. The monoisotopic (exact) mass is 444 g/mol. The van der Waals surface area contributed by atoms with E-state index >= 15 is 0 Å². The summed E-state index contributed by atoms with van der Waals surface area (Å²) in [5, 5.41) is 9.24. The van der Waals surface area contributed by atoms with Crippen LogP contribution in [0.2, 0.25) is 0 Å². The van der Waals surface area contributed by atoms with Crippen LogP contribution in [0.4, 0.5) is 0 Å². The fourth-order valence-corrected chi connectivity index (χ4v) is 4.01. The predicted molar refractivity (Wildman–Crippen MR) is 128 cm³/mol. The van der Waals surface area contributed by atoms with Crippen LogP contribution in [0.1, 0.15) is 40.8 Å². The molecule has 1 aliphatic carbocycles. The van der Waals surface area contributed by atoms with E-state index in [0.717, 1.165) is 27.8 Å². The fraction of sp³-hybridized carbons (Fsp3) is 0.250. The first-order valence-corrected chi connectivity index (χ1v) is 11.2. The summed E-state index contributed by atoms with van der Waals surface area (Å²) in [7, 11) is 0. The molecule has 0 aliphatic heterocycles. The van der Waals surface area contributed by atoms with Gasteiger partial charge >= 0.3 is 5.97 Å². The number of carboxylic acid groups (broad SMARTS) is 1. The van der Waals surface area contributed by atoms with Crippen LogP contribution >= 0.6 is 0 Å². The van der Waals surface area contributed by atoms with Gasteiger partial charge < -0.3 is 19.3 Å². The molecule has 0 aromatic heterocycles. The number of hydrogen-bond acceptors (Lipinski definition) is 4. The first-order chi connectivity index (χ1) is 16.2. The van der Waals surface area contributed by atoms with E-state index < -0.39 is 12.1 Å². The van der Waals surface area contributed by atoms with Crippen molar-refractivity contribution in [1.29, 1.82) is 0 Å². The number of fused-ring (bicyclic) bond motifs is 2. The Bertz CT molecular complexity index is 1050. The molecular weight excluding hydrogens is 416 g/mol. The summed E-state index contributed by atoms with van der Waals surface area (Å²) in [4.78, 5) is 11.3. The third-order valence-electron chi connectivity index (χ3n) is 5.62. The normalized spacial score (nSPS) is 13.6. The average Bonchev–Trinajstić information content (AvgIpc) is 2.99. The maximum Gasteiger partial charge on any atom is 0.333 e. The SMILES string of the molecule is CCOC(Cc1ccc(OCCOC2c3ccccc3C=Cc3ccccc32)cc1)C(=O)O. The predicted octanol–water partition coefficient (Wildman–Crippen LogP) is 5.39. The number of aliphatic carboxylic acids is 1. The van der Waals surface area contributed by atoms with E-state index in [1.54, 1.807) is 6.92 Å². The topological polar surface area (TPSA) is 65.0 Å². The summed E-state index contributed by atoms with van der Waals surface area (Å²) < 4.78 is 17.5. The molecule has 3 aromatic carbocycles. The summed E-state index contributed by atoms with van der Waals surface area (Å²) in [5.74, 6) is -0.236. The Morgan fingerprint density at radius 3 is 2.06 bits per heavy atom. The van der Waals surface area contributed by atoms with Crippen LogP contribution in [0, 0.1) is 0 Å². The van der Waals surface area contributed by atoms with Crippen molar-refractivity contribution in [2.45, 2.75) is 25.6 Å². The zero-order valence-corrected chi connectivity index (χ0v) is 18.6. The molecule has 1 atom stereocenters.